The molecule has 2 atom stereocenters. The van der Waals surface area contributed by atoms with Crippen molar-refractivity contribution in [2.24, 2.45) is 0 Å². The van der Waals surface area contributed by atoms with E-state index in [0.29, 0.717) is 32.6 Å². The molecule has 3 aliphatic rings. The minimum absolute atomic E-state index is 0.0283. The molecule has 2 heterocycles. The topological polar surface area (TPSA) is 86.8 Å². The van der Waals surface area contributed by atoms with E-state index in [1.807, 2.05) is 0 Å². The van der Waals surface area contributed by atoms with Crippen molar-refractivity contribution in [2.75, 3.05) is 31.9 Å². The Morgan fingerprint density at radius 1 is 1.08 bits per heavy atom. The fraction of sp³-hybridized carbons (Fsp3) is 0.529. The average Bonchev–Trinajstić information content (AvgIpc) is 2.97. The van der Waals surface area contributed by atoms with Gasteiger partial charge in [0.25, 0.3) is 0 Å². The first-order chi connectivity index (χ1) is 12.3. The molecule has 1 aliphatic carbocycles. The second-order valence-electron chi connectivity index (χ2n) is 7.03. The number of carbonyl (C=O) groups is 2. The van der Waals surface area contributed by atoms with Crippen LogP contribution in [0.2, 0.25) is 0 Å². The summed E-state index contributed by atoms with van der Waals surface area (Å²) >= 11 is 0. The third kappa shape index (κ3) is 3.09. The molecule has 1 aromatic rings. The Kier molecular flexibility index (Phi) is 4.23. The molecular formula is C17H20FN3O4S. The highest BCUT2D eigenvalue weighted by molar-refractivity contribution is 7.89. The van der Waals surface area contributed by atoms with E-state index >= 15 is 0 Å². The molecule has 9 heteroatoms. The maximum Gasteiger partial charge on any atom is 0.240 e. The number of rotatable bonds is 2. The Labute approximate surface area is 151 Å². The van der Waals surface area contributed by atoms with Gasteiger partial charge in [-0.25, -0.2) is 17.5 Å². The molecule has 0 spiro atoms. The summed E-state index contributed by atoms with van der Waals surface area (Å²) in [5, 5.41) is 0. The summed E-state index contributed by atoms with van der Waals surface area (Å²) in [5.74, 6) is -0.925. The number of benzene rings is 1. The SMILES string of the molecule is O=C(C1CCS(=O)(=O)N1)N1CCN(C(=O)C2Cc3ccc(F)cc32)CC1. The molecule has 1 N–H and O–H groups in total. The summed E-state index contributed by atoms with van der Waals surface area (Å²) in [5.41, 5.74) is 1.76. The van der Waals surface area contributed by atoms with Gasteiger partial charge in [-0.1, -0.05) is 6.07 Å². The van der Waals surface area contributed by atoms with Crippen LogP contribution in [0, 0.1) is 5.82 Å². The van der Waals surface area contributed by atoms with Gasteiger partial charge in [-0.3, -0.25) is 9.59 Å². The summed E-state index contributed by atoms with van der Waals surface area (Å²) in [6, 6.07) is 3.85. The lowest BCUT2D eigenvalue weighted by Crippen LogP contribution is -2.55. The number of fused-ring (bicyclic) bond motifs is 1. The van der Waals surface area contributed by atoms with Crippen molar-refractivity contribution in [3.05, 3.63) is 35.1 Å². The van der Waals surface area contributed by atoms with Crippen molar-refractivity contribution in [3.8, 4) is 0 Å². The fourth-order valence-corrected chi connectivity index (χ4v) is 5.18. The van der Waals surface area contributed by atoms with Crippen molar-refractivity contribution in [1.29, 1.82) is 0 Å². The predicted octanol–water partition coefficient (Wildman–Crippen LogP) is -0.172. The lowest BCUT2D eigenvalue weighted by molar-refractivity contribution is -0.141. The lowest BCUT2D eigenvalue weighted by Gasteiger charge is -2.39. The molecule has 0 radical (unpaired) electrons. The molecule has 2 unspecified atom stereocenters. The second kappa shape index (κ2) is 6.31. The van der Waals surface area contributed by atoms with Crippen LogP contribution in [0.25, 0.3) is 0 Å². The monoisotopic (exact) mass is 381 g/mol. The Morgan fingerprint density at radius 3 is 2.35 bits per heavy atom. The number of nitrogens with one attached hydrogen (secondary N) is 1. The molecule has 4 rings (SSSR count). The van der Waals surface area contributed by atoms with Gasteiger partial charge in [0.1, 0.15) is 11.9 Å². The van der Waals surface area contributed by atoms with E-state index in [0.717, 1.165) is 11.1 Å². The van der Waals surface area contributed by atoms with Gasteiger partial charge >= 0.3 is 0 Å². The molecule has 2 amide bonds. The molecule has 0 aromatic heterocycles. The number of hydrogen-bond acceptors (Lipinski definition) is 4. The molecule has 26 heavy (non-hydrogen) atoms. The number of halogens is 1. The molecule has 0 saturated carbocycles. The third-order valence-electron chi connectivity index (χ3n) is 5.40. The first-order valence-corrected chi connectivity index (χ1v) is 10.4. The van der Waals surface area contributed by atoms with E-state index in [-0.39, 0.29) is 35.7 Å². The van der Waals surface area contributed by atoms with Gasteiger partial charge in [-0.2, -0.15) is 0 Å². The maximum atomic E-state index is 13.4. The van der Waals surface area contributed by atoms with Crippen LogP contribution in [0.5, 0.6) is 0 Å². The second-order valence-corrected chi connectivity index (χ2v) is 8.90. The number of sulfonamides is 1. The Hall–Kier alpha value is -2.00. The van der Waals surface area contributed by atoms with Crippen LogP contribution in [0.15, 0.2) is 18.2 Å². The molecule has 2 aliphatic heterocycles. The van der Waals surface area contributed by atoms with Gasteiger partial charge in [-0.15, -0.1) is 0 Å². The summed E-state index contributed by atoms with van der Waals surface area (Å²) in [6.07, 6.45) is 0.905. The molecular weight excluding hydrogens is 361 g/mol. The highest BCUT2D eigenvalue weighted by atomic mass is 32.2. The van der Waals surface area contributed by atoms with Crippen molar-refractivity contribution in [1.82, 2.24) is 14.5 Å². The fourth-order valence-electron chi connectivity index (χ4n) is 3.86. The van der Waals surface area contributed by atoms with Crippen LogP contribution >= 0.6 is 0 Å². The zero-order valence-corrected chi connectivity index (χ0v) is 15.0. The quantitative estimate of drug-likeness (QED) is 0.771. The van der Waals surface area contributed by atoms with Crippen LogP contribution in [0.3, 0.4) is 0 Å². The van der Waals surface area contributed by atoms with Crippen LogP contribution in [0.1, 0.15) is 23.5 Å². The molecule has 140 valence electrons. The number of amides is 2. The van der Waals surface area contributed by atoms with Crippen LogP contribution in [0.4, 0.5) is 4.39 Å². The minimum atomic E-state index is -3.33. The van der Waals surface area contributed by atoms with Crippen LogP contribution < -0.4 is 4.72 Å². The predicted molar refractivity (Wildman–Crippen MR) is 91.3 cm³/mol. The average molecular weight is 381 g/mol. The standard InChI is InChI=1S/C17H20FN3O4S/c18-12-2-1-11-9-14(13(11)10-12)16(22)20-4-6-21(7-5-20)17(23)15-3-8-26(24,25)19-15/h1-2,10,14-15,19H,3-9H2. The zero-order chi connectivity index (χ0) is 18.5. The van der Waals surface area contributed by atoms with Gasteiger partial charge in [-0.05, 0) is 36.1 Å². The number of piperazine rings is 1. The van der Waals surface area contributed by atoms with E-state index in [1.165, 1.54) is 12.1 Å². The number of carbonyl (C=O) groups excluding carboxylic acids is 2. The Morgan fingerprint density at radius 2 is 1.73 bits per heavy atom. The van der Waals surface area contributed by atoms with Gasteiger partial charge in [0.2, 0.25) is 21.8 Å². The normalized spacial score (nSPS) is 27.0. The van der Waals surface area contributed by atoms with E-state index in [1.54, 1.807) is 15.9 Å². The van der Waals surface area contributed by atoms with Crippen molar-refractivity contribution < 1.29 is 22.4 Å². The van der Waals surface area contributed by atoms with Crippen LogP contribution in [-0.4, -0.2) is 68.0 Å². The van der Waals surface area contributed by atoms with Gasteiger partial charge < -0.3 is 9.80 Å². The van der Waals surface area contributed by atoms with Crippen molar-refractivity contribution in [3.63, 3.8) is 0 Å². The largest absolute Gasteiger partial charge is 0.339 e. The van der Waals surface area contributed by atoms with E-state index in [9.17, 15) is 22.4 Å². The first kappa shape index (κ1) is 17.4. The van der Waals surface area contributed by atoms with Gasteiger partial charge in [0.05, 0.1) is 11.7 Å². The summed E-state index contributed by atoms with van der Waals surface area (Å²) in [4.78, 5) is 28.4. The summed E-state index contributed by atoms with van der Waals surface area (Å²) < 4.78 is 38.7. The summed E-state index contributed by atoms with van der Waals surface area (Å²) in [7, 11) is -3.33. The third-order valence-corrected chi connectivity index (χ3v) is 6.82. The molecule has 1 aromatic carbocycles. The first-order valence-electron chi connectivity index (χ1n) is 8.70. The Balaban J connectivity index is 1.34. The minimum Gasteiger partial charge on any atom is -0.339 e. The van der Waals surface area contributed by atoms with Crippen LogP contribution in [-0.2, 0) is 26.0 Å². The molecule has 7 nitrogen and oxygen atoms in total. The smallest absolute Gasteiger partial charge is 0.240 e. The lowest BCUT2D eigenvalue weighted by atomic mass is 9.76. The van der Waals surface area contributed by atoms with Gasteiger partial charge in [0, 0.05) is 26.2 Å². The van der Waals surface area contributed by atoms with Crippen molar-refractivity contribution in [2.45, 2.75) is 24.8 Å². The maximum absolute atomic E-state index is 13.4. The highest BCUT2D eigenvalue weighted by Crippen LogP contribution is 2.37. The number of hydrogen-bond donors (Lipinski definition) is 1. The summed E-state index contributed by atoms with van der Waals surface area (Å²) in [6.45, 7) is 1.58. The van der Waals surface area contributed by atoms with E-state index in [4.69, 9.17) is 0 Å². The van der Waals surface area contributed by atoms with Crippen molar-refractivity contribution >= 4 is 21.8 Å². The van der Waals surface area contributed by atoms with Gasteiger partial charge in [0.15, 0.2) is 0 Å². The zero-order valence-electron chi connectivity index (χ0n) is 14.2. The number of nitrogens with zero attached hydrogens (tertiary/aromatic N) is 2. The highest BCUT2D eigenvalue weighted by Gasteiger charge is 2.39. The van der Waals surface area contributed by atoms with E-state index < -0.39 is 16.1 Å². The van der Waals surface area contributed by atoms with E-state index in [2.05, 4.69) is 4.72 Å². The molecule has 0 bridgehead atoms. The molecule has 2 fully saturated rings. The Bertz CT molecular complexity index is 865. The molecule has 2 saturated heterocycles.